The van der Waals surface area contributed by atoms with E-state index in [1.807, 2.05) is 36.4 Å². The summed E-state index contributed by atoms with van der Waals surface area (Å²) < 4.78 is 9.91. The molecule has 3 rings (SSSR count). The summed E-state index contributed by atoms with van der Waals surface area (Å²) in [5.74, 6) is -5.12. The van der Waals surface area contributed by atoms with Crippen LogP contribution in [0.3, 0.4) is 0 Å². The molecule has 2 N–H and O–H groups in total. The van der Waals surface area contributed by atoms with Gasteiger partial charge in [-0.15, -0.1) is 0 Å². The molecule has 2 aromatic rings. The second-order valence-corrected chi connectivity index (χ2v) is 8.62. The number of carboxylic acids is 1. The summed E-state index contributed by atoms with van der Waals surface area (Å²) in [4.78, 5) is 61.3. The summed E-state index contributed by atoms with van der Waals surface area (Å²) in [6.45, 7) is -0.674. The number of ketones is 1. The highest BCUT2D eigenvalue weighted by Gasteiger charge is 2.38. The summed E-state index contributed by atoms with van der Waals surface area (Å²) in [5.41, 5.74) is 0.738. The Hall–Kier alpha value is -3.75. The third-order valence-corrected chi connectivity index (χ3v) is 6.28. The predicted molar refractivity (Wildman–Crippen MR) is 125 cm³/mol. The van der Waals surface area contributed by atoms with Crippen LogP contribution in [-0.2, 0) is 39.9 Å². The largest absolute Gasteiger partial charge is 0.481 e. The summed E-state index contributed by atoms with van der Waals surface area (Å²) >= 11 is 0. The Balaban J connectivity index is 1.61. The van der Waals surface area contributed by atoms with Gasteiger partial charge in [0.2, 0.25) is 5.91 Å². The molecule has 9 heteroatoms. The number of benzene rings is 2. The molecule has 1 saturated carbocycles. The SMILES string of the molecule is COC(=O)C1CCCCC1C(=O)NC(CC(=O)O)C(=O)COC(=O)Cc1cccc2ccccc12. The number of hydrogen-bond donors (Lipinski definition) is 2. The number of rotatable bonds is 10. The van der Waals surface area contributed by atoms with Crippen molar-refractivity contribution in [3.05, 3.63) is 48.0 Å². The van der Waals surface area contributed by atoms with E-state index in [2.05, 4.69) is 5.32 Å². The molecule has 0 saturated heterocycles. The maximum absolute atomic E-state index is 12.9. The monoisotopic (exact) mass is 483 g/mol. The van der Waals surface area contributed by atoms with E-state index in [4.69, 9.17) is 9.47 Å². The van der Waals surface area contributed by atoms with E-state index in [0.29, 0.717) is 12.8 Å². The Morgan fingerprint density at radius 1 is 1.00 bits per heavy atom. The van der Waals surface area contributed by atoms with Crippen molar-refractivity contribution < 1.29 is 38.6 Å². The first kappa shape index (κ1) is 25.9. The lowest BCUT2D eigenvalue weighted by molar-refractivity contribution is -0.153. The fourth-order valence-electron chi connectivity index (χ4n) is 4.48. The van der Waals surface area contributed by atoms with Crippen LogP contribution in [0.4, 0.5) is 0 Å². The number of fused-ring (bicyclic) bond motifs is 1. The Labute approximate surface area is 202 Å². The highest BCUT2D eigenvalue weighted by atomic mass is 16.5. The van der Waals surface area contributed by atoms with Crippen molar-refractivity contribution in [2.75, 3.05) is 13.7 Å². The number of carbonyl (C=O) groups is 5. The van der Waals surface area contributed by atoms with E-state index in [1.54, 1.807) is 6.07 Å². The number of hydrogen-bond acceptors (Lipinski definition) is 7. The molecule has 0 spiro atoms. The van der Waals surface area contributed by atoms with Crippen LogP contribution in [0.25, 0.3) is 10.8 Å². The molecular formula is C26H29NO8. The molecule has 1 aliphatic rings. The molecule has 186 valence electrons. The zero-order valence-electron chi connectivity index (χ0n) is 19.5. The van der Waals surface area contributed by atoms with Crippen LogP contribution in [0, 0.1) is 11.8 Å². The lowest BCUT2D eigenvalue weighted by atomic mass is 9.78. The van der Waals surface area contributed by atoms with E-state index in [0.717, 1.165) is 29.2 Å². The maximum atomic E-state index is 12.9. The van der Waals surface area contributed by atoms with Crippen LogP contribution in [0.5, 0.6) is 0 Å². The van der Waals surface area contributed by atoms with Gasteiger partial charge >= 0.3 is 17.9 Å². The predicted octanol–water partition coefficient (Wildman–Crippen LogP) is 2.43. The summed E-state index contributed by atoms with van der Waals surface area (Å²) in [7, 11) is 1.25. The Kier molecular flexibility index (Phi) is 8.94. The standard InChI is InChI=1S/C26H29NO8/c1-34-26(33)20-12-5-4-11-19(20)25(32)27-21(14-23(29)30)22(28)15-35-24(31)13-17-9-6-8-16-7-2-3-10-18(16)17/h2-3,6-10,19-21H,4-5,11-15H2,1H3,(H,27,32)(H,29,30). The molecular weight excluding hydrogens is 454 g/mol. The van der Waals surface area contributed by atoms with Crippen molar-refractivity contribution in [2.45, 2.75) is 44.6 Å². The number of amides is 1. The van der Waals surface area contributed by atoms with Gasteiger partial charge in [0.15, 0.2) is 12.4 Å². The van der Waals surface area contributed by atoms with Crippen molar-refractivity contribution in [1.82, 2.24) is 5.32 Å². The van der Waals surface area contributed by atoms with Crippen LogP contribution in [-0.4, -0.2) is 54.5 Å². The highest BCUT2D eigenvalue weighted by molar-refractivity contribution is 5.95. The second-order valence-electron chi connectivity index (χ2n) is 8.62. The van der Waals surface area contributed by atoms with Gasteiger partial charge in [-0.05, 0) is 29.2 Å². The van der Waals surface area contributed by atoms with Crippen molar-refractivity contribution in [3.63, 3.8) is 0 Å². The van der Waals surface area contributed by atoms with E-state index < -0.39 is 60.5 Å². The molecule has 0 bridgehead atoms. The summed E-state index contributed by atoms with van der Waals surface area (Å²) in [6, 6.07) is 11.7. The van der Waals surface area contributed by atoms with Crippen LogP contribution in [0.15, 0.2) is 42.5 Å². The van der Waals surface area contributed by atoms with Gasteiger partial charge in [0.25, 0.3) is 0 Å². The van der Waals surface area contributed by atoms with Crippen molar-refractivity contribution in [1.29, 1.82) is 0 Å². The number of methoxy groups -OCH3 is 1. The van der Waals surface area contributed by atoms with Gasteiger partial charge in [0.05, 0.1) is 31.8 Å². The van der Waals surface area contributed by atoms with Gasteiger partial charge in [-0.25, -0.2) is 0 Å². The quantitative estimate of drug-likeness (QED) is 0.492. The molecule has 35 heavy (non-hydrogen) atoms. The molecule has 0 aliphatic heterocycles. The molecule has 1 aliphatic carbocycles. The first-order valence-corrected chi connectivity index (χ1v) is 11.5. The minimum Gasteiger partial charge on any atom is -0.481 e. The lowest BCUT2D eigenvalue weighted by Gasteiger charge is -2.29. The third-order valence-electron chi connectivity index (χ3n) is 6.28. The molecule has 2 aromatic carbocycles. The number of carbonyl (C=O) groups excluding carboxylic acids is 4. The van der Waals surface area contributed by atoms with Crippen molar-refractivity contribution in [2.24, 2.45) is 11.8 Å². The smallest absolute Gasteiger partial charge is 0.310 e. The number of ether oxygens (including phenoxy) is 2. The van der Waals surface area contributed by atoms with Gasteiger partial charge < -0.3 is 19.9 Å². The first-order chi connectivity index (χ1) is 16.8. The minimum atomic E-state index is -1.38. The molecule has 0 radical (unpaired) electrons. The molecule has 3 unspecified atom stereocenters. The normalized spacial score (nSPS) is 18.3. The van der Waals surface area contributed by atoms with Crippen molar-refractivity contribution >= 4 is 40.4 Å². The minimum absolute atomic E-state index is 0.0620. The van der Waals surface area contributed by atoms with Crippen LogP contribution >= 0.6 is 0 Å². The van der Waals surface area contributed by atoms with E-state index in [1.165, 1.54) is 7.11 Å². The third kappa shape index (κ3) is 6.88. The molecule has 0 heterocycles. The second kappa shape index (κ2) is 12.1. The molecule has 1 amide bonds. The van der Waals surface area contributed by atoms with Crippen molar-refractivity contribution in [3.8, 4) is 0 Å². The lowest BCUT2D eigenvalue weighted by Crippen LogP contribution is -2.49. The number of carboxylic acid groups (broad SMARTS) is 1. The molecule has 9 nitrogen and oxygen atoms in total. The average molecular weight is 484 g/mol. The summed E-state index contributed by atoms with van der Waals surface area (Å²) in [6.07, 6.45) is 1.69. The Morgan fingerprint density at radius 3 is 2.40 bits per heavy atom. The average Bonchev–Trinajstić information content (AvgIpc) is 2.86. The number of aliphatic carboxylic acids is 1. The Morgan fingerprint density at radius 2 is 1.69 bits per heavy atom. The maximum Gasteiger partial charge on any atom is 0.310 e. The van der Waals surface area contributed by atoms with E-state index in [-0.39, 0.29) is 6.42 Å². The topological polar surface area (TPSA) is 136 Å². The fourth-order valence-corrected chi connectivity index (χ4v) is 4.48. The van der Waals surface area contributed by atoms with Crippen LogP contribution < -0.4 is 5.32 Å². The molecule has 1 fully saturated rings. The van der Waals surface area contributed by atoms with Gasteiger partial charge in [0, 0.05) is 0 Å². The first-order valence-electron chi connectivity index (χ1n) is 11.5. The van der Waals surface area contributed by atoms with E-state index in [9.17, 15) is 29.1 Å². The zero-order chi connectivity index (χ0) is 25.4. The molecule has 3 atom stereocenters. The zero-order valence-corrected chi connectivity index (χ0v) is 19.5. The Bertz CT molecular complexity index is 1110. The van der Waals surface area contributed by atoms with Gasteiger partial charge in [0.1, 0.15) is 6.04 Å². The van der Waals surface area contributed by atoms with E-state index >= 15 is 0 Å². The number of nitrogens with one attached hydrogen (secondary N) is 1. The summed E-state index contributed by atoms with van der Waals surface area (Å²) in [5, 5.41) is 13.5. The molecule has 0 aromatic heterocycles. The number of Topliss-reactive ketones (excluding diaryl/α,β-unsaturated/α-hetero) is 1. The highest BCUT2D eigenvalue weighted by Crippen LogP contribution is 2.31. The van der Waals surface area contributed by atoms with Gasteiger partial charge in [-0.3, -0.25) is 24.0 Å². The van der Waals surface area contributed by atoms with Gasteiger partial charge in [-0.2, -0.15) is 0 Å². The fraction of sp³-hybridized carbons (Fsp3) is 0.423. The van der Waals surface area contributed by atoms with Crippen LogP contribution in [0.2, 0.25) is 0 Å². The van der Waals surface area contributed by atoms with Gasteiger partial charge in [-0.1, -0.05) is 55.3 Å². The number of esters is 2. The van der Waals surface area contributed by atoms with Crippen LogP contribution in [0.1, 0.15) is 37.7 Å².